The molecule has 0 bridgehead atoms. The van der Waals surface area contributed by atoms with Gasteiger partial charge in [-0.2, -0.15) is 0 Å². The van der Waals surface area contributed by atoms with Crippen LogP contribution in [0.2, 0.25) is 0 Å². The quantitative estimate of drug-likeness (QED) is 0.748. The van der Waals surface area contributed by atoms with Gasteiger partial charge in [-0.1, -0.05) is 29.8 Å². The summed E-state index contributed by atoms with van der Waals surface area (Å²) in [6.45, 7) is 3.02. The lowest BCUT2D eigenvalue weighted by Gasteiger charge is -2.22. The second kappa shape index (κ2) is 6.55. The Labute approximate surface area is 119 Å². The molecule has 1 saturated carbocycles. The van der Waals surface area contributed by atoms with Crippen molar-refractivity contribution in [3.05, 3.63) is 35.4 Å². The van der Waals surface area contributed by atoms with Gasteiger partial charge in [-0.3, -0.25) is 9.59 Å². The van der Waals surface area contributed by atoms with Crippen LogP contribution in [0, 0.1) is 12.8 Å². The number of benzene rings is 1. The normalized spacial score (nSPS) is 13.9. The summed E-state index contributed by atoms with van der Waals surface area (Å²) in [5.41, 5.74) is 2.29. The molecule has 2 rings (SSSR count). The summed E-state index contributed by atoms with van der Waals surface area (Å²) in [7, 11) is 1.37. The fraction of sp³-hybridized carbons (Fsp3) is 0.500. The van der Waals surface area contributed by atoms with Crippen molar-refractivity contribution < 1.29 is 14.3 Å². The van der Waals surface area contributed by atoms with Gasteiger partial charge < -0.3 is 9.64 Å². The van der Waals surface area contributed by atoms with Gasteiger partial charge in [0.2, 0.25) is 5.91 Å². The van der Waals surface area contributed by atoms with Gasteiger partial charge in [0, 0.05) is 19.0 Å². The molecule has 1 aliphatic carbocycles. The molecular formula is C16H21NO3. The van der Waals surface area contributed by atoms with Crippen molar-refractivity contribution in [1.29, 1.82) is 0 Å². The fourth-order valence-corrected chi connectivity index (χ4v) is 2.10. The van der Waals surface area contributed by atoms with Gasteiger partial charge in [0.25, 0.3) is 0 Å². The van der Waals surface area contributed by atoms with Crippen LogP contribution in [0.5, 0.6) is 0 Å². The summed E-state index contributed by atoms with van der Waals surface area (Å²) in [5.74, 6) is 0.0510. The Hall–Kier alpha value is -1.84. The number of aryl methyl sites for hydroxylation is 1. The molecule has 0 spiro atoms. The standard InChI is InChI=1S/C16H21NO3/c1-12-3-5-13(6-4-12)11-17(10-9-15(18)20-2)16(19)14-7-8-14/h3-6,14H,7-11H2,1-2H3. The first kappa shape index (κ1) is 14.6. The lowest BCUT2D eigenvalue weighted by Crippen LogP contribution is -2.33. The van der Waals surface area contributed by atoms with Crippen molar-refractivity contribution in [2.24, 2.45) is 5.92 Å². The molecule has 0 unspecified atom stereocenters. The average molecular weight is 275 g/mol. The van der Waals surface area contributed by atoms with E-state index in [1.807, 2.05) is 31.2 Å². The molecular weight excluding hydrogens is 254 g/mol. The molecule has 1 fully saturated rings. The second-order valence-electron chi connectivity index (χ2n) is 5.35. The molecule has 0 atom stereocenters. The van der Waals surface area contributed by atoms with E-state index in [-0.39, 0.29) is 24.2 Å². The van der Waals surface area contributed by atoms with E-state index in [0.29, 0.717) is 13.1 Å². The van der Waals surface area contributed by atoms with Crippen molar-refractivity contribution in [2.75, 3.05) is 13.7 Å². The minimum Gasteiger partial charge on any atom is -0.469 e. The number of methoxy groups -OCH3 is 1. The Kier molecular flexibility index (Phi) is 4.77. The zero-order chi connectivity index (χ0) is 14.5. The van der Waals surface area contributed by atoms with Crippen molar-refractivity contribution in [3.8, 4) is 0 Å². The number of hydrogen-bond donors (Lipinski definition) is 0. The van der Waals surface area contributed by atoms with E-state index in [1.165, 1.54) is 12.7 Å². The van der Waals surface area contributed by atoms with Crippen LogP contribution in [0.15, 0.2) is 24.3 Å². The number of nitrogens with zero attached hydrogens (tertiary/aromatic N) is 1. The first-order valence-electron chi connectivity index (χ1n) is 7.01. The SMILES string of the molecule is COC(=O)CCN(Cc1ccc(C)cc1)C(=O)C1CC1. The molecule has 4 heteroatoms. The summed E-state index contributed by atoms with van der Waals surface area (Å²) < 4.78 is 4.65. The third-order valence-electron chi connectivity index (χ3n) is 3.55. The topological polar surface area (TPSA) is 46.6 Å². The number of hydrogen-bond acceptors (Lipinski definition) is 3. The number of carbonyl (C=O) groups excluding carboxylic acids is 2. The number of rotatable bonds is 6. The highest BCUT2D eigenvalue weighted by atomic mass is 16.5. The third kappa shape index (κ3) is 4.08. The first-order valence-corrected chi connectivity index (χ1v) is 7.01. The maximum absolute atomic E-state index is 12.3. The summed E-state index contributed by atoms with van der Waals surface area (Å²) in [5, 5.41) is 0. The molecule has 1 aliphatic rings. The predicted octanol–water partition coefficient (Wildman–Crippen LogP) is 2.30. The van der Waals surface area contributed by atoms with Gasteiger partial charge in [-0.05, 0) is 25.3 Å². The molecule has 20 heavy (non-hydrogen) atoms. The van der Waals surface area contributed by atoms with E-state index in [4.69, 9.17) is 0 Å². The highest BCUT2D eigenvalue weighted by molar-refractivity contribution is 5.81. The Bertz CT molecular complexity index is 477. The summed E-state index contributed by atoms with van der Waals surface area (Å²) in [6.07, 6.45) is 2.20. The third-order valence-corrected chi connectivity index (χ3v) is 3.55. The first-order chi connectivity index (χ1) is 9.60. The Balaban J connectivity index is 1.99. The number of ether oxygens (including phenoxy) is 1. The predicted molar refractivity (Wildman–Crippen MR) is 76.0 cm³/mol. The molecule has 0 N–H and O–H groups in total. The lowest BCUT2D eigenvalue weighted by molar-refractivity contribution is -0.142. The van der Waals surface area contributed by atoms with Gasteiger partial charge in [0.15, 0.2) is 0 Å². The van der Waals surface area contributed by atoms with Crippen LogP contribution in [0.3, 0.4) is 0 Å². The minimum absolute atomic E-state index is 0.162. The van der Waals surface area contributed by atoms with E-state index < -0.39 is 0 Å². The molecule has 0 aromatic heterocycles. The van der Waals surface area contributed by atoms with Crippen molar-refractivity contribution >= 4 is 11.9 Å². The fourth-order valence-electron chi connectivity index (χ4n) is 2.10. The highest BCUT2D eigenvalue weighted by Gasteiger charge is 2.33. The smallest absolute Gasteiger partial charge is 0.307 e. The van der Waals surface area contributed by atoms with E-state index in [0.717, 1.165) is 18.4 Å². The minimum atomic E-state index is -0.275. The summed E-state index contributed by atoms with van der Waals surface area (Å²) >= 11 is 0. The van der Waals surface area contributed by atoms with Gasteiger partial charge >= 0.3 is 5.97 Å². The van der Waals surface area contributed by atoms with Gasteiger partial charge in [0.05, 0.1) is 13.5 Å². The lowest BCUT2D eigenvalue weighted by atomic mass is 10.1. The summed E-state index contributed by atoms with van der Waals surface area (Å²) in [4.78, 5) is 25.3. The second-order valence-corrected chi connectivity index (χ2v) is 5.35. The van der Waals surface area contributed by atoms with Gasteiger partial charge in [0.1, 0.15) is 0 Å². The van der Waals surface area contributed by atoms with E-state index in [1.54, 1.807) is 4.90 Å². The molecule has 0 heterocycles. The molecule has 0 radical (unpaired) electrons. The molecule has 108 valence electrons. The molecule has 1 aromatic carbocycles. The van der Waals surface area contributed by atoms with Crippen LogP contribution in [-0.4, -0.2) is 30.4 Å². The van der Waals surface area contributed by atoms with E-state index >= 15 is 0 Å². The summed E-state index contributed by atoms with van der Waals surface area (Å²) in [6, 6.07) is 8.13. The average Bonchev–Trinajstić information content (AvgIpc) is 3.29. The Morgan fingerprint density at radius 1 is 1.25 bits per heavy atom. The highest BCUT2D eigenvalue weighted by Crippen LogP contribution is 2.31. The largest absolute Gasteiger partial charge is 0.469 e. The van der Waals surface area contributed by atoms with Crippen LogP contribution >= 0.6 is 0 Å². The Morgan fingerprint density at radius 2 is 1.90 bits per heavy atom. The zero-order valence-electron chi connectivity index (χ0n) is 12.1. The van der Waals surface area contributed by atoms with Crippen LogP contribution in [0.4, 0.5) is 0 Å². The maximum atomic E-state index is 12.3. The maximum Gasteiger partial charge on any atom is 0.307 e. The molecule has 1 aromatic rings. The van der Waals surface area contributed by atoms with Crippen molar-refractivity contribution in [3.63, 3.8) is 0 Å². The van der Waals surface area contributed by atoms with Crippen LogP contribution in [-0.2, 0) is 20.9 Å². The van der Waals surface area contributed by atoms with Gasteiger partial charge in [-0.15, -0.1) is 0 Å². The van der Waals surface area contributed by atoms with E-state index in [9.17, 15) is 9.59 Å². The molecule has 1 amide bonds. The van der Waals surface area contributed by atoms with Gasteiger partial charge in [-0.25, -0.2) is 0 Å². The number of esters is 1. The van der Waals surface area contributed by atoms with Crippen LogP contribution < -0.4 is 0 Å². The van der Waals surface area contributed by atoms with Crippen molar-refractivity contribution in [2.45, 2.75) is 32.7 Å². The molecule has 0 aliphatic heterocycles. The van der Waals surface area contributed by atoms with Crippen LogP contribution in [0.1, 0.15) is 30.4 Å². The van der Waals surface area contributed by atoms with Crippen molar-refractivity contribution in [1.82, 2.24) is 4.90 Å². The van der Waals surface area contributed by atoms with Crippen LogP contribution in [0.25, 0.3) is 0 Å². The monoisotopic (exact) mass is 275 g/mol. The Morgan fingerprint density at radius 3 is 2.45 bits per heavy atom. The number of carbonyl (C=O) groups is 2. The zero-order valence-corrected chi connectivity index (χ0v) is 12.1. The molecule has 0 saturated heterocycles. The molecule has 4 nitrogen and oxygen atoms in total. The number of amides is 1. The van der Waals surface area contributed by atoms with E-state index in [2.05, 4.69) is 4.74 Å².